The van der Waals surface area contributed by atoms with Crippen LogP contribution < -0.4 is 5.32 Å². The molecule has 1 aromatic carbocycles. The number of benzene rings is 1. The first kappa shape index (κ1) is 23.3. The molecular weight excluding hydrogens is 396 g/mol. The highest BCUT2D eigenvalue weighted by Gasteiger charge is 2.46. The molecule has 2 rings (SSSR count). The number of nitrogens with zero attached hydrogens (tertiary/aromatic N) is 1. The highest BCUT2D eigenvalue weighted by Crippen LogP contribution is 2.34. The molecular formula is C21H31ClN2O5. The summed E-state index contributed by atoms with van der Waals surface area (Å²) in [7, 11) is 0. The van der Waals surface area contributed by atoms with Gasteiger partial charge in [-0.3, -0.25) is 0 Å². The second kappa shape index (κ2) is 8.40. The second-order valence-electron chi connectivity index (χ2n) is 9.31. The third kappa shape index (κ3) is 6.51. The van der Waals surface area contributed by atoms with Crippen molar-refractivity contribution in [3.63, 3.8) is 0 Å². The molecule has 29 heavy (non-hydrogen) atoms. The van der Waals surface area contributed by atoms with Gasteiger partial charge in [0.25, 0.3) is 0 Å². The van der Waals surface area contributed by atoms with Crippen LogP contribution in [-0.2, 0) is 15.1 Å². The smallest absolute Gasteiger partial charge is 0.410 e. The number of halogens is 1. The Kier molecular flexibility index (Phi) is 6.75. The molecule has 0 radical (unpaired) electrons. The number of alkyl carbamates (subject to hydrolysis) is 1. The molecule has 7 nitrogen and oxygen atoms in total. The van der Waals surface area contributed by atoms with Gasteiger partial charge in [-0.05, 0) is 59.2 Å². The van der Waals surface area contributed by atoms with Gasteiger partial charge in [-0.15, -0.1) is 0 Å². The van der Waals surface area contributed by atoms with Crippen LogP contribution in [0.5, 0.6) is 0 Å². The summed E-state index contributed by atoms with van der Waals surface area (Å²) in [6.07, 6.45) is -0.943. The van der Waals surface area contributed by atoms with Crippen molar-refractivity contribution in [1.29, 1.82) is 0 Å². The van der Waals surface area contributed by atoms with Crippen molar-refractivity contribution in [3.8, 4) is 0 Å². The minimum atomic E-state index is -1.39. The van der Waals surface area contributed by atoms with Crippen molar-refractivity contribution in [2.75, 3.05) is 13.1 Å². The van der Waals surface area contributed by atoms with Gasteiger partial charge in [0.1, 0.15) is 16.8 Å². The molecule has 8 heteroatoms. The SMILES string of the molecule is CC(C)(C)OC(=O)NC1CN(C(=O)OC(C)(C)C)CCC1(O)c1ccc(Cl)cc1. The van der Waals surface area contributed by atoms with Crippen LogP contribution in [0.2, 0.25) is 5.02 Å². The van der Waals surface area contributed by atoms with Crippen molar-refractivity contribution in [2.45, 2.75) is 70.8 Å². The lowest BCUT2D eigenvalue weighted by Gasteiger charge is -2.45. The van der Waals surface area contributed by atoms with E-state index < -0.39 is 35.0 Å². The number of rotatable bonds is 2. The van der Waals surface area contributed by atoms with E-state index in [1.807, 2.05) is 0 Å². The highest BCUT2D eigenvalue weighted by atomic mass is 35.5. The summed E-state index contributed by atoms with van der Waals surface area (Å²) in [6, 6.07) is 6.00. The molecule has 0 saturated carbocycles. The number of carbonyl (C=O) groups is 2. The molecule has 1 fully saturated rings. The van der Waals surface area contributed by atoms with E-state index >= 15 is 0 Å². The molecule has 1 saturated heterocycles. The minimum Gasteiger partial charge on any atom is -0.444 e. The van der Waals surface area contributed by atoms with E-state index in [2.05, 4.69) is 5.32 Å². The monoisotopic (exact) mass is 426 g/mol. The van der Waals surface area contributed by atoms with Crippen molar-refractivity contribution < 1.29 is 24.2 Å². The van der Waals surface area contributed by atoms with Gasteiger partial charge < -0.3 is 24.8 Å². The molecule has 0 aliphatic carbocycles. The Morgan fingerprint density at radius 3 is 2.17 bits per heavy atom. The molecule has 1 aliphatic heterocycles. The summed E-state index contributed by atoms with van der Waals surface area (Å²) in [5.41, 5.74) is -2.12. The zero-order valence-electron chi connectivity index (χ0n) is 17.9. The lowest BCUT2D eigenvalue weighted by molar-refractivity contribution is -0.0621. The number of nitrogens with one attached hydrogen (secondary N) is 1. The number of carbonyl (C=O) groups excluding carboxylic acids is 2. The van der Waals surface area contributed by atoms with Crippen LogP contribution in [0.3, 0.4) is 0 Å². The molecule has 1 heterocycles. The van der Waals surface area contributed by atoms with Crippen LogP contribution >= 0.6 is 11.6 Å². The molecule has 0 bridgehead atoms. The van der Waals surface area contributed by atoms with Crippen molar-refractivity contribution in [2.24, 2.45) is 0 Å². The Labute approximate surface area is 177 Å². The topological polar surface area (TPSA) is 88.1 Å². The van der Waals surface area contributed by atoms with Gasteiger partial charge >= 0.3 is 12.2 Å². The third-order valence-corrected chi connectivity index (χ3v) is 4.68. The number of hydrogen-bond acceptors (Lipinski definition) is 5. The van der Waals surface area contributed by atoms with Gasteiger partial charge in [-0.25, -0.2) is 9.59 Å². The molecule has 0 aromatic heterocycles. The van der Waals surface area contributed by atoms with Gasteiger partial charge in [-0.1, -0.05) is 23.7 Å². The normalized spacial score (nSPS) is 22.8. The summed E-state index contributed by atoms with van der Waals surface area (Å²) < 4.78 is 10.8. The zero-order valence-corrected chi connectivity index (χ0v) is 18.7. The van der Waals surface area contributed by atoms with Crippen molar-refractivity contribution in [1.82, 2.24) is 10.2 Å². The summed E-state index contributed by atoms with van der Waals surface area (Å²) in [4.78, 5) is 26.4. The molecule has 2 amide bonds. The quantitative estimate of drug-likeness (QED) is 0.744. The Morgan fingerprint density at radius 1 is 1.10 bits per heavy atom. The van der Waals surface area contributed by atoms with E-state index in [1.165, 1.54) is 4.90 Å². The van der Waals surface area contributed by atoms with E-state index in [0.717, 1.165) is 0 Å². The fourth-order valence-electron chi connectivity index (χ4n) is 3.13. The average Bonchev–Trinajstić information content (AvgIpc) is 2.54. The van der Waals surface area contributed by atoms with Crippen LogP contribution in [0.15, 0.2) is 24.3 Å². The Balaban J connectivity index is 2.27. The molecule has 162 valence electrons. The minimum absolute atomic E-state index is 0.0767. The molecule has 2 unspecified atom stereocenters. The van der Waals surface area contributed by atoms with E-state index in [1.54, 1.807) is 65.8 Å². The van der Waals surface area contributed by atoms with Crippen LogP contribution in [0.4, 0.5) is 9.59 Å². The third-order valence-electron chi connectivity index (χ3n) is 4.43. The molecule has 2 atom stereocenters. The van der Waals surface area contributed by atoms with Gasteiger partial charge in [-0.2, -0.15) is 0 Å². The number of aliphatic hydroxyl groups is 1. The largest absolute Gasteiger partial charge is 0.444 e. The Morgan fingerprint density at radius 2 is 1.66 bits per heavy atom. The van der Waals surface area contributed by atoms with Crippen LogP contribution in [0, 0.1) is 0 Å². The lowest BCUT2D eigenvalue weighted by Crippen LogP contribution is -2.62. The summed E-state index contributed by atoms with van der Waals surface area (Å²) in [6.45, 7) is 11.0. The van der Waals surface area contributed by atoms with Gasteiger partial charge in [0.15, 0.2) is 0 Å². The highest BCUT2D eigenvalue weighted by molar-refractivity contribution is 6.30. The maximum atomic E-state index is 12.5. The standard InChI is InChI=1S/C21H31ClN2O5/c1-19(2,3)28-17(25)23-16-13-24(18(26)29-20(4,5)6)12-11-21(16,27)14-7-9-15(22)10-8-14/h7-10,16,27H,11-13H2,1-6H3,(H,23,25). The average molecular weight is 427 g/mol. The number of piperidine rings is 1. The summed E-state index contributed by atoms with van der Waals surface area (Å²) >= 11 is 5.97. The number of amides is 2. The number of hydrogen-bond donors (Lipinski definition) is 2. The van der Waals surface area contributed by atoms with E-state index in [-0.39, 0.29) is 19.5 Å². The Bertz CT molecular complexity index is 739. The van der Waals surface area contributed by atoms with Gasteiger partial charge in [0, 0.05) is 24.5 Å². The van der Waals surface area contributed by atoms with Gasteiger partial charge in [0.05, 0.1) is 6.04 Å². The summed E-state index contributed by atoms with van der Waals surface area (Å²) in [5, 5.41) is 14.8. The first-order valence-electron chi connectivity index (χ1n) is 9.65. The molecule has 2 N–H and O–H groups in total. The predicted molar refractivity (Wildman–Crippen MR) is 111 cm³/mol. The molecule has 1 aromatic rings. The first-order valence-corrected chi connectivity index (χ1v) is 10.0. The second-order valence-corrected chi connectivity index (χ2v) is 9.74. The van der Waals surface area contributed by atoms with Crippen LogP contribution in [0.1, 0.15) is 53.5 Å². The zero-order chi connectivity index (χ0) is 22.0. The molecule has 1 aliphatic rings. The lowest BCUT2D eigenvalue weighted by atomic mass is 9.80. The summed E-state index contributed by atoms with van der Waals surface area (Å²) in [5.74, 6) is 0. The van der Waals surface area contributed by atoms with Crippen molar-refractivity contribution in [3.05, 3.63) is 34.9 Å². The maximum Gasteiger partial charge on any atom is 0.410 e. The predicted octanol–water partition coefficient (Wildman–Crippen LogP) is 4.06. The number of ether oxygens (including phenoxy) is 2. The van der Waals surface area contributed by atoms with Crippen molar-refractivity contribution >= 4 is 23.8 Å². The Hall–Kier alpha value is -1.99. The maximum absolute atomic E-state index is 12.5. The van der Waals surface area contributed by atoms with Gasteiger partial charge in [0.2, 0.25) is 0 Å². The van der Waals surface area contributed by atoms with E-state index in [9.17, 15) is 14.7 Å². The number of likely N-dealkylation sites (tertiary alicyclic amines) is 1. The van der Waals surface area contributed by atoms with E-state index in [4.69, 9.17) is 21.1 Å². The fourth-order valence-corrected chi connectivity index (χ4v) is 3.26. The van der Waals surface area contributed by atoms with E-state index in [0.29, 0.717) is 10.6 Å². The fraction of sp³-hybridized carbons (Fsp3) is 0.619. The molecule has 0 spiro atoms. The van der Waals surface area contributed by atoms with Crippen LogP contribution in [0.25, 0.3) is 0 Å². The first-order chi connectivity index (χ1) is 13.2. The van der Waals surface area contributed by atoms with Crippen LogP contribution in [-0.4, -0.2) is 52.5 Å².